The molecule has 2 rings (SSSR count). The van der Waals surface area contributed by atoms with Crippen molar-refractivity contribution in [3.05, 3.63) is 40.6 Å². The molecule has 0 aliphatic rings. The molecule has 0 amide bonds. The molecule has 0 N–H and O–H groups in total. The Labute approximate surface area is 79.7 Å². The van der Waals surface area contributed by atoms with Gasteiger partial charge in [0.25, 0.3) is 0 Å². The Morgan fingerprint density at radius 3 is 3.15 bits per heavy atom. The van der Waals surface area contributed by atoms with Gasteiger partial charge < -0.3 is 4.57 Å². The van der Waals surface area contributed by atoms with E-state index >= 15 is 0 Å². The predicted octanol–water partition coefficient (Wildman–Crippen LogP) is 1.81. The molecule has 0 saturated carbocycles. The molecule has 0 aliphatic heterocycles. The molecule has 0 bridgehead atoms. The Balaban J connectivity index is 2.14. The van der Waals surface area contributed by atoms with E-state index in [9.17, 15) is 4.79 Å². The second-order valence-electron chi connectivity index (χ2n) is 2.67. The van der Waals surface area contributed by atoms with Crippen LogP contribution in [-0.4, -0.2) is 15.8 Å². The number of aromatic nitrogens is 2. The second-order valence-corrected chi connectivity index (χ2v) is 3.70. The molecule has 13 heavy (non-hydrogen) atoms. The van der Waals surface area contributed by atoms with Gasteiger partial charge in [-0.3, -0.25) is 4.79 Å². The lowest BCUT2D eigenvalue weighted by Gasteiger charge is -1.96. The third-order valence-electron chi connectivity index (χ3n) is 1.69. The minimum absolute atomic E-state index is 0.483. The number of carbonyl (C=O) groups is 1. The lowest BCUT2D eigenvalue weighted by Crippen LogP contribution is -1.93. The smallest absolute Gasteiger partial charge is 0.169 e. The summed E-state index contributed by atoms with van der Waals surface area (Å²) in [4.78, 5) is 15.5. The first-order chi connectivity index (χ1) is 6.38. The summed E-state index contributed by atoms with van der Waals surface area (Å²) in [6.07, 6.45) is 4.17. The standard InChI is InChI=1S/C9H8N2OS/c12-6-8-4-11(7-10-8)5-9-2-1-3-13-9/h1-4,6-7H,5H2. The van der Waals surface area contributed by atoms with Gasteiger partial charge in [0.1, 0.15) is 5.69 Å². The summed E-state index contributed by atoms with van der Waals surface area (Å²) in [5.41, 5.74) is 0.483. The highest BCUT2D eigenvalue weighted by Gasteiger charge is 1.98. The van der Waals surface area contributed by atoms with Gasteiger partial charge in [-0.2, -0.15) is 0 Å². The van der Waals surface area contributed by atoms with Crippen molar-refractivity contribution >= 4 is 17.6 Å². The summed E-state index contributed by atoms with van der Waals surface area (Å²) in [6.45, 7) is 0.790. The van der Waals surface area contributed by atoms with Crippen molar-refractivity contribution in [3.8, 4) is 0 Å². The molecular weight excluding hydrogens is 184 g/mol. The molecule has 2 aromatic rings. The molecule has 0 aliphatic carbocycles. The van der Waals surface area contributed by atoms with E-state index in [2.05, 4.69) is 11.1 Å². The van der Waals surface area contributed by atoms with Gasteiger partial charge in [-0.15, -0.1) is 11.3 Å². The molecule has 0 fully saturated rings. The molecular formula is C9H8N2OS. The maximum Gasteiger partial charge on any atom is 0.169 e. The van der Waals surface area contributed by atoms with Gasteiger partial charge in [-0.25, -0.2) is 4.98 Å². The van der Waals surface area contributed by atoms with Crippen LogP contribution < -0.4 is 0 Å². The van der Waals surface area contributed by atoms with Gasteiger partial charge in [0.15, 0.2) is 6.29 Å². The van der Waals surface area contributed by atoms with E-state index in [0.29, 0.717) is 5.69 Å². The van der Waals surface area contributed by atoms with Gasteiger partial charge in [0.05, 0.1) is 12.9 Å². The Morgan fingerprint density at radius 1 is 1.62 bits per heavy atom. The minimum Gasteiger partial charge on any atom is -0.331 e. The van der Waals surface area contributed by atoms with Crippen LogP contribution in [0.2, 0.25) is 0 Å². The van der Waals surface area contributed by atoms with Crippen LogP contribution in [0.15, 0.2) is 30.0 Å². The van der Waals surface area contributed by atoms with E-state index in [1.807, 2.05) is 16.0 Å². The van der Waals surface area contributed by atoms with Crippen molar-refractivity contribution in [1.29, 1.82) is 0 Å². The Kier molecular flexibility index (Phi) is 2.23. The van der Waals surface area contributed by atoms with Crippen molar-refractivity contribution in [2.45, 2.75) is 6.54 Å². The van der Waals surface area contributed by atoms with Gasteiger partial charge >= 0.3 is 0 Å². The Bertz CT molecular complexity index is 391. The topological polar surface area (TPSA) is 34.9 Å². The van der Waals surface area contributed by atoms with Crippen molar-refractivity contribution in [2.24, 2.45) is 0 Å². The number of imidazole rings is 1. The molecule has 0 spiro atoms. The van der Waals surface area contributed by atoms with Gasteiger partial charge in [-0.1, -0.05) is 6.07 Å². The highest BCUT2D eigenvalue weighted by atomic mass is 32.1. The van der Waals surface area contributed by atoms with Crippen molar-refractivity contribution in [2.75, 3.05) is 0 Å². The summed E-state index contributed by atoms with van der Waals surface area (Å²) in [5, 5.41) is 2.03. The normalized spacial score (nSPS) is 10.2. The Morgan fingerprint density at radius 2 is 2.54 bits per heavy atom. The van der Waals surface area contributed by atoms with Crippen LogP contribution in [0.5, 0.6) is 0 Å². The number of hydrogen-bond acceptors (Lipinski definition) is 3. The maximum atomic E-state index is 10.3. The molecule has 2 heterocycles. The highest BCUT2D eigenvalue weighted by Crippen LogP contribution is 2.10. The van der Waals surface area contributed by atoms with E-state index in [1.54, 1.807) is 23.9 Å². The molecule has 0 saturated heterocycles. The van der Waals surface area contributed by atoms with E-state index in [1.165, 1.54) is 4.88 Å². The summed E-state index contributed by atoms with van der Waals surface area (Å²) in [7, 11) is 0. The monoisotopic (exact) mass is 192 g/mol. The van der Waals surface area contributed by atoms with E-state index < -0.39 is 0 Å². The molecule has 66 valence electrons. The van der Waals surface area contributed by atoms with Crippen LogP contribution in [-0.2, 0) is 6.54 Å². The molecule has 2 aromatic heterocycles. The van der Waals surface area contributed by atoms with Crippen LogP contribution >= 0.6 is 11.3 Å². The first-order valence-corrected chi connectivity index (χ1v) is 4.76. The SMILES string of the molecule is O=Cc1cn(Cc2cccs2)cn1. The molecule has 4 heteroatoms. The lowest BCUT2D eigenvalue weighted by atomic mass is 10.4. The highest BCUT2D eigenvalue weighted by molar-refractivity contribution is 7.09. The molecule has 0 radical (unpaired) electrons. The van der Waals surface area contributed by atoms with Crippen LogP contribution in [0, 0.1) is 0 Å². The quantitative estimate of drug-likeness (QED) is 0.695. The molecule has 0 aromatic carbocycles. The van der Waals surface area contributed by atoms with Crippen LogP contribution in [0.25, 0.3) is 0 Å². The van der Waals surface area contributed by atoms with Crippen LogP contribution in [0.3, 0.4) is 0 Å². The van der Waals surface area contributed by atoms with Gasteiger partial charge in [0, 0.05) is 11.1 Å². The van der Waals surface area contributed by atoms with Crippen molar-refractivity contribution < 1.29 is 4.79 Å². The zero-order valence-electron chi connectivity index (χ0n) is 6.88. The lowest BCUT2D eigenvalue weighted by molar-refractivity contribution is 0.111. The fourth-order valence-corrected chi connectivity index (χ4v) is 1.82. The molecule has 3 nitrogen and oxygen atoms in total. The van der Waals surface area contributed by atoms with E-state index in [0.717, 1.165) is 12.8 Å². The fraction of sp³-hybridized carbons (Fsp3) is 0.111. The second kappa shape index (κ2) is 3.53. The minimum atomic E-state index is 0.483. The molecule has 0 atom stereocenters. The zero-order valence-corrected chi connectivity index (χ0v) is 7.70. The van der Waals surface area contributed by atoms with Crippen LogP contribution in [0.1, 0.15) is 15.4 Å². The summed E-state index contributed by atoms with van der Waals surface area (Å²) < 4.78 is 1.90. The number of aldehydes is 1. The number of carbonyl (C=O) groups excluding carboxylic acids is 1. The maximum absolute atomic E-state index is 10.3. The largest absolute Gasteiger partial charge is 0.331 e. The van der Waals surface area contributed by atoms with E-state index in [4.69, 9.17) is 0 Å². The summed E-state index contributed by atoms with van der Waals surface area (Å²) in [5.74, 6) is 0. The number of thiophene rings is 1. The van der Waals surface area contributed by atoms with Gasteiger partial charge in [-0.05, 0) is 11.4 Å². The first kappa shape index (κ1) is 8.19. The average Bonchev–Trinajstić information content (AvgIpc) is 2.76. The average molecular weight is 192 g/mol. The third-order valence-corrected chi connectivity index (χ3v) is 2.55. The van der Waals surface area contributed by atoms with E-state index in [-0.39, 0.29) is 0 Å². The number of hydrogen-bond donors (Lipinski definition) is 0. The van der Waals surface area contributed by atoms with Crippen LogP contribution in [0.4, 0.5) is 0 Å². The predicted molar refractivity (Wildman–Crippen MR) is 51.0 cm³/mol. The zero-order chi connectivity index (χ0) is 9.10. The van der Waals surface area contributed by atoms with Crippen molar-refractivity contribution in [1.82, 2.24) is 9.55 Å². The summed E-state index contributed by atoms with van der Waals surface area (Å²) in [6, 6.07) is 4.07. The van der Waals surface area contributed by atoms with Crippen molar-refractivity contribution in [3.63, 3.8) is 0 Å². The molecule has 0 unspecified atom stereocenters. The number of nitrogens with zero attached hydrogens (tertiary/aromatic N) is 2. The Hall–Kier alpha value is -1.42. The van der Waals surface area contributed by atoms with Gasteiger partial charge in [0.2, 0.25) is 0 Å². The first-order valence-electron chi connectivity index (χ1n) is 3.88. The summed E-state index contributed by atoms with van der Waals surface area (Å²) >= 11 is 1.70. The number of rotatable bonds is 3. The third kappa shape index (κ3) is 1.84. The fourth-order valence-electron chi connectivity index (χ4n) is 1.11.